The molecule has 0 bridgehead atoms. The largest absolute Gasteiger partial charge is 0.460 e. The Morgan fingerprint density at radius 2 is 0.769 bits per heavy atom. The number of rotatable bonds is 15. The van der Waals surface area contributed by atoms with Gasteiger partial charge in [-0.1, -0.05) is 19.7 Å². The second kappa shape index (κ2) is 16.2. The van der Waals surface area contributed by atoms with Gasteiger partial charge in [-0.3, -0.25) is 14.4 Å². The van der Waals surface area contributed by atoms with Crippen LogP contribution >= 0.6 is 0 Å². The lowest BCUT2D eigenvalue weighted by molar-refractivity contribution is -0.139. The molecule has 0 unspecified atom stereocenters. The summed E-state index contributed by atoms with van der Waals surface area (Å²) in [4.78, 5) is 72.5. The summed E-state index contributed by atoms with van der Waals surface area (Å²) in [6.45, 7) is 14.4. The van der Waals surface area contributed by atoms with Gasteiger partial charge in [0.05, 0.1) is 19.6 Å². The molecule has 3 N–H and O–H groups in total. The first-order chi connectivity index (χ1) is 18.3. The average molecular weight is 544 g/mol. The van der Waals surface area contributed by atoms with E-state index in [2.05, 4.69) is 35.7 Å². The summed E-state index contributed by atoms with van der Waals surface area (Å²) >= 11 is 0. The molecule has 0 aliphatic heterocycles. The Balaban J connectivity index is 2.94. The molecule has 0 aromatic heterocycles. The van der Waals surface area contributed by atoms with Gasteiger partial charge in [-0.05, 0) is 39.0 Å². The Morgan fingerprint density at radius 3 is 0.974 bits per heavy atom. The van der Waals surface area contributed by atoms with Crippen LogP contribution in [0.4, 0.5) is 0 Å². The molecule has 0 saturated heterocycles. The summed E-state index contributed by atoms with van der Waals surface area (Å²) < 4.78 is 14.8. The predicted molar refractivity (Wildman–Crippen MR) is 141 cm³/mol. The SMILES string of the molecule is C=C(C)C(=O)OCCNC(=O)c1cc(C(=O)NCCOC(=O)C(=C)C)cc(C(=O)NCCOC(=O)C(=C)C)c1. The third-order valence-electron chi connectivity index (χ3n) is 4.63. The molecule has 0 fully saturated rings. The van der Waals surface area contributed by atoms with Gasteiger partial charge < -0.3 is 30.2 Å². The fourth-order valence-corrected chi connectivity index (χ4v) is 2.62. The maximum Gasteiger partial charge on any atom is 0.333 e. The fraction of sp³-hybridized carbons (Fsp3) is 0.333. The lowest BCUT2D eigenvalue weighted by Crippen LogP contribution is -2.32. The van der Waals surface area contributed by atoms with Gasteiger partial charge in [0.15, 0.2) is 0 Å². The first-order valence-electron chi connectivity index (χ1n) is 11.8. The molecule has 0 radical (unpaired) electrons. The van der Waals surface area contributed by atoms with Crippen molar-refractivity contribution in [1.82, 2.24) is 16.0 Å². The van der Waals surface area contributed by atoms with E-state index in [1.807, 2.05) is 0 Å². The Hall–Kier alpha value is -4.74. The molecule has 0 spiro atoms. The van der Waals surface area contributed by atoms with E-state index in [0.29, 0.717) is 0 Å². The van der Waals surface area contributed by atoms with E-state index in [-0.39, 0.29) is 72.9 Å². The number of hydrogen-bond acceptors (Lipinski definition) is 9. The Morgan fingerprint density at radius 1 is 0.538 bits per heavy atom. The van der Waals surface area contributed by atoms with Gasteiger partial charge in [0.25, 0.3) is 17.7 Å². The van der Waals surface area contributed by atoms with Crippen LogP contribution in [0.1, 0.15) is 51.8 Å². The highest BCUT2D eigenvalue weighted by atomic mass is 16.5. The maximum absolute atomic E-state index is 12.7. The smallest absolute Gasteiger partial charge is 0.333 e. The molecular formula is C27H33N3O9. The summed E-state index contributed by atoms with van der Waals surface area (Å²) in [6, 6.07) is 3.82. The van der Waals surface area contributed by atoms with E-state index in [1.165, 1.54) is 39.0 Å². The molecule has 1 rings (SSSR count). The van der Waals surface area contributed by atoms with Gasteiger partial charge in [-0.2, -0.15) is 0 Å². The lowest BCUT2D eigenvalue weighted by atomic mass is 10.0. The topological polar surface area (TPSA) is 166 Å². The van der Waals surface area contributed by atoms with Crippen LogP contribution in [0.25, 0.3) is 0 Å². The minimum Gasteiger partial charge on any atom is -0.460 e. The highest BCUT2D eigenvalue weighted by molar-refractivity contribution is 6.04. The third kappa shape index (κ3) is 11.9. The normalized spacial score (nSPS) is 9.92. The van der Waals surface area contributed by atoms with Crippen LogP contribution < -0.4 is 16.0 Å². The van der Waals surface area contributed by atoms with E-state index in [1.54, 1.807) is 0 Å². The second-order valence-electron chi connectivity index (χ2n) is 8.32. The molecule has 1 aromatic rings. The maximum atomic E-state index is 12.7. The van der Waals surface area contributed by atoms with Gasteiger partial charge in [-0.25, -0.2) is 14.4 Å². The number of ether oxygens (including phenoxy) is 3. The number of hydrogen-bond donors (Lipinski definition) is 3. The van der Waals surface area contributed by atoms with Crippen LogP contribution in [0.2, 0.25) is 0 Å². The monoisotopic (exact) mass is 543 g/mol. The van der Waals surface area contributed by atoms with Crippen LogP contribution in [0, 0.1) is 0 Å². The zero-order valence-corrected chi connectivity index (χ0v) is 22.3. The first kappa shape index (κ1) is 32.3. The molecule has 0 aliphatic rings. The molecule has 0 atom stereocenters. The number of carbonyl (C=O) groups is 6. The molecular weight excluding hydrogens is 510 g/mol. The number of carbonyl (C=O) groups excluding carboxylic acids is 6. The first-order valence-corrected chi connectivity index (χ1v) is 11.8. The minimum atomic E-state index is -0.629. The van der Waals surface area contributed by atoms with Gasteiger partial charge in [-0.15, -0.1) is 0 Å². The van der Waals surface area contributed by atoms with Crippen molar-refractivity contribution in [2.75, 3.05) is 39.5 Å². The summed E-state index contributed by atoms with van der Waals surface area (Å²) in [5, 5.41) is 7.61. The van der Waals surface area contributed by atoms with Crippen molar-refractivity contribution in [3.05, 3.63) is 71.3 Å². The Labute approximate surface area is 226 Å². The zero-order chi connectivity index (χ0) is 29.5. The number of nitrogens with one attached hydrogen (secondary N) is 3. The number of amides is 3. The number of benzene rings is 1. The van der Waals surface area contributed by atoms with Crippen LogP contribution in [0.5, 0.6) is 0 Å². The van der Waals surface area contributed by atoms with Gasteiger partial charge in [0.1, 0.15) is 19.8 Å². The van der Waals surface area contributed by atoms with Crippen molar-refractivity contribution in [3.63, 3.8) is 0 Å². The molecule has 0 saturated carbocycles. The van der Waals surface area contributed by atoms with Crippen LogP contribution in [0.15, 0.2) is 54.7 Å². The molecule has 39 heavy (non-hydrogen) atoms. The summed E-state index contributed by atoms with van der Waals surface area (Å²) in [7, 11) is 0. The van der Waals surface area contributed by atoms with E-state index in [0.717, 1.165) is 0 Å². The molecule has 1 aromatic carbocycles. The highest BCUT2D eigenvalue weighted by Crippen LogP contribution is 2.12. The van der Waals surface area contributed by atoms with Gasteiger partial charge in [0, 0.05) is 33.4 Å². The fourth-order valence-electron chi connectivity index (χ4n) is 2.62. The lowest BCUT2D eigenvalue weighted by Gasteiger charge is -2.12. The molecule has 210 valence electrons. The summed E-state index contributed by atoms with van der Waals surface area (Å²) in [6.07, 6.45) is 0. The highest BCUT2D eigenvalue weighted by Gasteiger charge is 2.17. The standard InChI is InChI=1S/C27H33N3O9/c1-16(2)25(34)37-10-7-28-22(31)19-13-20(23(32)29-8-11-38-26(35)17(3)4)15-21(14-19)24(33)30-9-12-39-27(36)18(5)6/h13-15H,1,3,5,7-12H2,2,4,6H3,(H,28,31)(H,29,32)(H,30,33). The summed E-state index contributed by atoms with van der Waals surface area (Å²) in [5.74, 6) is -3.71. The van der Waals surface area contributed by atoms with E-state index in [9.17, 15) is 28.8 Å². The van der Waals surface area contributed by atoms with Crippen molar-refractivity contribution in [2.24, 2.45) is 0 Å². The van der Waals surface area contributed by atoms with Gasteiger partial charge in [0.2, 0.25) is 0 Å². The zero-order valence-electron chi connectivity index (χ0n) is 22.3. The van der Waals surface area contributed by atoms with Crippen molar-refractivity contribution >= 4 is 35.6 Å². The van der Waals surface area contributed by atoms with E-state index >= 15 is 0 Å². The molecule has 0 heterocycles. The third-order valence-corrected chi connectivity index (χ3v) is 4.63. The van der Waals surface area contributed by atoms with Crippen LogP contribution in [-0.2, 0) is 28.6 Å². The minimum absolute atomic E-state index is 0.0125. The van der Waals surface area contributed by atoms with Crippen molar-refractivity contribution in [2.45, 2.75) is 20.8 Å². The van der Waals surface area contributed by atoms with Crippen molar-refractivity contribution in [3.8, 4) is 0 Å². The quantitative estimate of drug-likeness (QED) is 0.128. The van der Waals surface area contributed by atoms with Crippen molar-refractivity contribution in [1.29, 1.82) is 0 Å². The van der Waals surface area contributed by atoms with Gasteiger partial charge >= 0.3 is 17.9 Å². The van der Waals surface area contributed by atoms with Crippen LogP contribution in [0.3, 0.4) is 0 Å². The Bertz CT molecular complexity index is 1020. The van der Waals surface area contributed by atoms with Crippen molar-refractivity contribution < 1.29 is 43.0 Å². The molecule has 12 heteroatoms. The predicted octanol–water partition coefficient (Wildman–Crippen LogP) is 1.23. The Kier molecular flexibility index (Phi) is 13.4. The number of esters is 3. The average Bonchev–Trinajstić information content (AvgIpc) is 2.89. The second-order valence-corrected chi connectivity index (χ2v) is 8.32. The van der Waals surface area contributed by atoms with E-state index < -0.39 is 35.6 Å². The molecule has 12 nitrogen and oxygen atoms in total. The molecule has 3 amide bonds. The molecule has 0 aliphatic carbocycles. The van der Waals surface area contributed by atoms with Crippen LogP contribution in [-0.4, -0.2) is 75.1 Å². The summed E-state index contributed by atoms with van der Waals surface area (Å²) in [5.41, 5.74) is 0.586. The van der Waals surface area contributed by atoms with E-state index in [4.69, 9.17) is 14.2 Å².